The number of epoxide rings is 1. The normalized spacial score (nSPS) is 48.5. The molecular formula is C37H49NO7. The zero-order valence-electron chi connectivity index (χ0n) is 27.9. The lowest BCUT2D eigenvalue weighted by Crippen LogP contribution is -2.76. The van der Waals surface area contributed by atoms with Crippen LogP contribution < -0.4 is 0 Å². The minimum Gasteiger partial charge on any atom is -0.388 e. The second kappa shape index (κ2) is 8.07. The second-order valence-electron chi connectivity index (χ2n) is 17.8. The molecule has 8 nitrogen and oxygen atoms in total. The van der Waals surface area contributed by atoms with Crippen LogP contribution in [-0.2, 0) is 32.5 Å². The molecular weight excluding hydrogens is 570 g/mol. The monoisotopic (exact) mass is 619 g/mol. The molecule has 3 saturated heterocycles. The third-order valence-electron chi connectivity index (χ3n) is 14.8. The Labute approximate surface area is 265 Å². The van der Waals surface area contributed by atoms with E-state index in [9.17, 15) is 20.1 Å². The van der Waals surface area contributed by atoms with Gasteiger partial charge in [0.15, 0.2) is 11.4 Å². The number of carbonyl (C=O) groups is 1. The summed E-state index contributed by atoms with van der Waals surface area (Å²) in [4.78, 5) is 18.0. The van der Waals surface area contributed by atoms with Gasteiger partial charge in [-0.2, -0.15) is 0 Å². The SMILES string of the molecule is CC(C)(O)[C@H]1O[C@H]2CC[C@@]3(C)[C@@](O)(CC[C@H]4Cc5c([nH]c6ccc7c(c56)C[C@@H]5[C@@H](C7=O)C(C)(C)OC5(C)C)[C@@]43C)[C@]23OC3[C@@H]1O. The Hall–Kier alpha value is -1.81. The number of ether oxygens (including phenoxy) is 3. The van der Waals surface area contributed by atoms with Gasteiger partial charge in [-0.25, -0.2) is 0 Å². The van der Waals surface area contributed by atoms with E-state index >= 15 is 0 Å². The standard InChI is InChI=1S/C37H49NO7/c1-31(2,41)29-27(40)30-37(44-30)23(43-29)12-13-34(7)35(8)17(11-14-36(34,37)42)15-20-24-19-16-21-25(33(5,6)45-32(21,3)4)26(39)18(19)9-10-22(24)38-28(20)35/h9-10,17,21,23,25,27,29-30,38,40-42H,11-16H2,1-8H3/t17-,21+,23-,25-,27+,29-,30?,34+,35+,36-,37-/m0/s1. The summed E-state index contributed by atoms with van der Waals surface area (Å²) in [6.07, 6.45) is 1.78. The van der Waals surface area contributed by atoms with E-state index in [-0.39, 0.29) is 23.0 Å². The summed E-state index contributed by atoms with van der Waals surface area (Å²) in [7, 11) is 0. The fourth-order valence-corrected chi connectivity index (χ4v) is 12.6. The van der Waals surface area contributed by atoms with Gasteiger partial charge in [0.25, 0.3) is 0 Å². The molecule has 1 aromatic heterocycles. The first-order valence-corrected chi connectivity index (χ1v) is 17.2. The number of aromatic amines is 1. The molecule has 1 unspecified atom stereocenters. The van der Waals surface area contributed by atoms with Crippen LogP contribution in [-0.4, -0.2) is 78.5 Å². The molecule has 7 aliphatic rings. The Balaban J connectivity index is 1.17. The lowest BCUT2D eigenvalue weighted by Gasteiger charge is -2.66. The predicted octanol–water partition coefficient (Wildman–Crippen LogP) is 4.52. The van der Waals surface area contributed by atoms with Crippen molar-refractivity contribution in [3.8, 4) is 0 Å². The highest BCUT2D eigenvalue weighted by molar-refractivity contribution is 6.06. The van der Waals surface area contributed by atoms with E-state index in [4.69, 9.17) is 14.2 Å². The van der Waals surface area contributed by atoms with E-state index < -0.39 is 57.8 Å². The minimum absolute atomic E-state index is 0.106. The predicted molar refractivity (Wildman–Crippen MR) is 167 cm³/mol. The van der Waals surface area contributed by atoms with Crippen molar-refractivity contribution in [1.82, 2.24) is 4.98 Å². The average molecular weight is 620 g/mol. The van der Waals surface area contributed by atoms with Gasteiger partial charge in [-0.15, -0.1) is 0 Å². The number of hydrogen-bond donors (Lipinski definition) is 4. The van der Waals surface area contributed by atoms with Crippen LogP contribution in [0.1, 0.15) is 108 Å². The number of carbonyl (C=O) groups excluding carboxylic acids is 1. The van der Waals surface area contributed by atoms with Crippen LogP contribution in [0.4, 0.5) is 0 Å². The van der Waals surface area contributed by atoms with Crippen molar-refractivity contribution >= 4 is 16.7 Å². The van der Waals surface area contributed by atoms with Crippen molar-refractivity contribution in [2.24, 2.45) is 23.2 Å². The number of fused-ring (bicyclic) bond motifs is 10. The Kier molecular flexibility index (Phi) is 5.26. The van der Waals surface area contributed by atoms with Crippen LogP contribution >= 0.6 is 0 Å². The van der Waals surface area contributed by atoms with Gasteiger partial charge in [0, 0.05) is 38.9 Å². The van der Waals surface area contributed by atoms with Gasteiger partial charge in [-0.05, 0) is 109 Å². The fraction of sp³-hybridized carbons (Fsp3) is 0.757. The Morgan fingerprint density at radius 3 is 2.42 bits per heavy atom. The van der Waals surface area contributed by atoms with Crippen LogP contribution in [0, 0.1) is 23.2 Å². The minimum atomic E-state index is -1.23. The molecule has 0 radical (unpaired) electrons. The van der Waals surface area contributed by atoms with Crippen molar-refractivity contribution in [1.29, 1.82) is 0 Å². The molecule has 2 aromatic rings. The molecule has 3 aliphatic heterocycles. The first kappa shape index (κ1) is 29.3. The van der Waals surface area contributed by atoms with Gasteiger partial charge in [-0.1, -0.05) is 13.8 Å². The molecule has 4 aliphatic carbocycles. The highest BCUT2D eigenvalue weighted by Crippen LogP contribution is 2.75. The van der Waals surface area contributed by atoms with Gasteiger partial charge in [0.1, 0.15) is 23.9 Å². The third kappa shape index (κ3) is 3.06. The number of benzene rings is 1. The van der Waals surface area contributed by atoms with Crippen LogP contribution in [0.2, 0.25) is 0 Å². The molecule has 0 amide bonds. The zero-order valence-corrected chi connectivity index (χ0v) is 27.9. The Morgan fingerprint density at radius 1 is 0.978 bits per heavy atom. The van der Waals surface area contributed by atoms with E-state index in [0.717, 1.165) is 42.3 Å². The molecule has 1 aromatic carbocycles. The highest BCUT2D eigenvalue weighted by atomic mass is 16.7. The van der Waals surface area contributed by atoms with Gasteiger partial charge in [0.05, 0.1) is 28.8 Å². The van der Waals surface area contributed by atoms with E-state index in [1.807, 2.05) is 6.07 Å². The summed E-state index contributed by atoms with van der Waals surface area (Å²) >= 11 is 0. The first-order chi connectivity index (χ1) is 20.8. The Bertz CT molecular complexity index is 1690. The van der Waals surface area contributed by atoms with Gasteiger partial charge in [0.2, 0.25) is 0 Å². The third-order valence-corrected chi connectivity index (χ3v) is 14.8. The molecule has 5 fully saturated rings. The molecule has 4 heterocycles. The second-order valence-corrected chi connectivity index (χ2v) is 17.8. The molecule has 4 N–H and O–H groups in total. The molecule has 244 valence electrons. The van der Waals surface area contributed by atoms with Crippen molar-refractivity contribution in [2.75, 3.05) is 0 Å². The Morgan fingerprint density at radius 2 is 1.71 bits per heavy atom. The summed E-state index contributed by atoms with van der Waals surface area (Å²) in [5.74, 6) is 0.467. The summed E-state index contributed by atoms with van der Waals surface area (Å²) < 4.78 is 19.4. The lowest BCUT2D eigenvalue weighted by atomic mass is 9.40. The molecule has 1 spiro atoms. The van der Waals surface area contributed by atoms with Crippen molar-refractivity contribution in [2.45, 2.75) is 152 Å². The molecule has 2 saturated carbocycles. The molecule has 8 heteroatoms. The maximum Gasteiger partial charge on any atom is 0.169 e. The van der Waals surface area contributed by atoms with E-state index in [0.29, 0.717) is 18.8 Å². The largest absolute Gasteiger partial charge is 0.388 e. The summed E-state index contributed by atoms with van der Waals surface area (Å²) in [5.41, 5.74) is 0.255. The number of ketones is 1. The first-order valence-electron chi connectivity index (χ1n) is 17.2. The zero-order chi connectivity index (χ0) is 32.1. The van der Waals surface area contributed by atoms with Gasteiger partial charge < -0.3 is 34.5 Å². The summed E-state index contributed by atoms with van der Waals surface area (Å²) in [5, 5.41) is 36.4. The lowest BCUT2D eigenvalue weighted by molar-refractivity contribution is -0.280. The fourth-order valence-electron chi connectivity index (χ4n) is 12.6. The quantitative estimate of drug-likeness (QED) is 0.346. The van der Waals surface area contributed by atoms with Crippen LogP contribution in [0.5, 0.6) is 0 Å². The van der Waals surface area contributed by atoms with Crippen LogP contribution in [0.3, 0.4) is 0 Å². The smallest absolute Gasteiger partial charge is 0.169 e. The van der Waals surface area contributed by atoms with E-state index in [1.54, 1.807) is 13.8 Å². The number of rotatable bonds is 1. The number of nitrogens with one attached hydrogen (secondary N) is 1. The topological polar surface area (TPSA) is 125 Å². The number of H-pyrrole nitrogens is 1. The highest BCUT2D eigenvalue weighted by Gasteiger charge is 2.86. The molecule has 11 atom stereocenters. The number of hydrogen-bond acceptors (Lipinski definition) is 7. The van der Waals surface area contributed by atoms with Crippen molar-refractivity contribution < 1.29 is 34.3 Å². The van der Waals surface area contributed by atoms with E-state index in [1.165, 1.54) is 16.6 Å². The van der Waals surface area contributed by atoms with Crippen LogP contribution in [0.15, 0.2) is 12.1 Å². The molecule has 9 rings (SSSR count). The van der Waals surface area contributed by atoms with E-state index in [2.05, 4.69) is 52.6 Å². The molecule has 45 heavy (non-hydrogen) atoms. The summed E-state index contributed by atoms with van der Waals surface area (Å²) in [6, 6.07) is 4.11. The van der Waals surface area contributed by atoms with Crippen molar-refractivity contribution in [3.63, 3.8) is 0 Å². The number of aliphatic hydroxyl groups excluding tert-OH is 1. The number of aromatic nitrogens is 1. The average Bonchev–Trinajstić information content (AvgIpc) is 3.44. The number of Topliss-reactive ketones (excluding diaryl/α,β-unsaturated/α-hetero) is 1. The maximum atomic E-state index is 14.2. The van der Waals surface area contributed by atoms with Gasteiger partial charge in [-0.3, -0.25) is 4.79 Å². The van der Waals surface area contributed by atoms with Gasteiger partial charge >= 0.3 is 0 Å². The summed E-state index contributed by atoms with van der Waals surface area (Å²) in [6.45, 7) is 16.3. The number of aliphatic hydroxyl groups is 3. The van der Waals surface area contributed by atoms with Crippen molar-refractivity contribution in [3.05, 3.63) is 34.5 Å². The molecule has 0 bridgehead atoms. The maximum absolute atomic E-state index is 14.2. The van der Waals surface area contributed by atoms with Crippen LogP contribution in [0.25, 0.3) is 10.9 Å².